The van der Waals surface area contributed by atoms with E-state index in [9.17, 15) is 0 Å². The molecular weight excluding hydrogens is 232 g/mol. The van der Waals surface area contributed by atoms with Crippen molar-refractivity contribution in [3.63, 3.8) is 0 Å². The third kappa shape index (κ3) is 2.94. The number of hydrogen-bond acceptors (Lipinski definition) is 4. The van der Waals surface area contributed by atoms with Crippen molar-refractivity contribution in [2.75, 3.05) is 13.2 Å². The molecule has 0 bridgehead atoms. The first-order valence-electron chi connectivity index (χ1n) is 6.57. The van der Waals surface area contributed by atoms with Crippen LogP contribution in [0.25, 0.3) is 0 Å². The summed E-state index contributed by atoms with van der Waals surface area (Å²) in [6.07, 6.45) is 3.91. The standard InChI is InChI=1S/C14H18O4/c1-3-13(15-9-1)17-11-5-7-12(8-6-11)18-14-4-2-10-16-14/h5-8,13-14H,1-4,9-10H2. The van der Waals surface area contributed by atoms with E-state index < -0.39 is 0 Å². The summed E-state index contributed by atoms with van der Waals surface area (Å²) in [7, 11) is 0. The van der Waals surface area contributed by atoms with Gasteiger partial charge in [0.15, 0.2) is 12.6 Å². The summed E-state index contributed by atoms with van der Waals surface area (Å²) in [5.74, 6) is 1.64. The van der Waals surface area contributed by atoms with E-state index >= 15 is 0 Å². The lowest BCUT2D eigenvalue weighted by Crippen LogP contribution is -2.15. The average molecular weight is 250 g/mol. The molecule has 1 aromatic rings. The molecule has 0 amide bonds. The van der Waals surface area contributed by atoms with Crippen molar-refractivity contribution in [3.05, 3.63) is 24.3 Å². The molecule has 2 heterocycles. The van der Waals surface area contributed by atoms with Crippen molar-refractivity contribution in [1.29, 1.82) is 0 Å². The Kier molecular flexibility index (Phi) is 3.67. The van der Waals surface area contributed by atoms with Gasteiger partial charge >= 0.3 is 0 Å². The molecule has 0 aromatic heterocycles. The highest BCUT2D eigenvalue weighted by Gasteiger charge is 2.18. The largest absolute Gasteiger partial charge is 0.465 e. The van der Waals surface area contributed by atoms with Gasteiger partial charge in [0.25, 0.3) is 0 Å². The molecule has 2 atom stereocenters. The summed E-state index contributed by atoms with van der Waals surface area (Å²) in [6.45, 7) is 1.59. The smallest absolute Gasteiger partial charge is 0.199 e. The van der Waals surface area contributed by atoms with Gasteiger partial charge in [-0.25, -0.2) is 0 Å². The quantitative estimate of drug-likeness (QED) is 0.823. The molecule has 0 spiro atoms. The Morgan fingerprint density at radius 2 is 1.22 bits per heavy atom. The van der Waals surface area contributed by atoms with Gasteiger partial charge < -0.3 is 18.9 Å². The molecule has 3 rings (SSSR count). The number of benzene rings is 1. The van der Waals surface area contributed by atoms with E-state index in [1.54, 1.807) is 0 Å². The zero-order chi connectivity index (χ0) is 12.2. The molecule has 4 heteroatoms. The Morgan fingerprint density at radius 1 is 0.778 bits per heavy atom. The minimum absolute atomic E-state index is 0.0880. The molecule has 98 valence electrons. The van der Waals surface area contributed by atoms with Crippen molar-refractivity contribution >= 4 is 0 Å². The van der Waals surface area contributed by atoms with E-state index in [1.807, 2.05) is 24.3 Å². The molecule has 1 aromatic carbocycles. The van der Waals surface area contributed by atoms with Crippen LogP contribution < -0.4 is 9.47 Å². The van der Waals surface area contributed by atoms with Crippen LogP contribution in [0.3, 0.4) is 0 Å². The SMILES string of the molecule is c1cc(OC2CCCO2)ccc1OC1CCCO1. The highest BCUT2D eigenvalue weighted by Crippen LogP contribution is 2.24. The van der Waals surface area contributed by atoms with E-state index in [-0.39, 0.29) is 12.6 Å². The van der Waals surface area contributed by atoms with Gasteiger partial charge in [-0.05, 0) is 37.1 Å². The van der Waals surface area contributed by atoms with Crippen LogP contribution in [0.1, 0.15) is 25.7 Å². The second-order valence-electron chi connectivity index (χ2n) is 4.59. The van der Waals surface area contributed by atoms with Gasteiger partial charge in [-0.3, -0.25) is 0 Å². The van der Waals surface area contributed by atoms with E-state index in [4.69, 9.17) is 18.9 Å². The fourth-order valence-corrected chi connectivity index (χ4v) is 2.18. The van der Waals surface area contributed by atoms with Crippen molar-refractivity contribution in [3.8, 4) is 11.5 Å². The molecular formula is C14H18O4. The topological polar surface area (TPSA) is 36.9 Å². The molecule has 0 radical (unpaired) electrons. The minimum atomic E-state index is -0.0880. The summed E-state index contributed by atoms with van der Waals surface area (Å²) < 4.78 is 22.2. The molecule has 18 heavy (non-hydrogen) atoms. The third-order valence-electron chi connectivity index (χ3n) is 3.13. The molecule has 2 fully saturated rings. The first kappa shape index (κ1) is 11.8. The van der Waals surface area contributed by atoms with Gasteiger partial charge in [-0.15, -0.1) is 0 Å². The maximum atomic E-state index is 5.69. The number of rotatable bonds is 4. The van der Waals surface area contributed by atoms with Gasteiger partial charge in [0.05, 0.1) is 13.2 Å². The predicted molar refractivity (Wildman–Crippen MR) is 65.6 cm³/mol. The first-order chi connectivity index (χ1) is 8.90. The van der Waals surface area contributed by atoms with Crippen LogP contribution in [0, 0.1) is 0 Å². The maximum absolute atomic E-state index is 5.69. The summed E-state index contributed by atoms with van der Waals surface area (Å²) in [4.78, 5) is 0. The fourth-order valence-electron chi connectivity index (χ4n) is 2.18. The minimum Gasteiger partial charge on any atom is -0.465 e. The average Bonchev–Trinajstić information content (AvgIpc) is 3.05. The molecule has 4 nitrogen and oxygen atoms in total. The molecule has 0 aliphatic carbocycles. The Hall–Kier alpha value is -1.26. The molecule has 0 saturated carbocycles. The van der Waals surface area contributed by atoms with E-state index in [2.05, 4.69) is 0 Å². The van der Waals surface area contributed by atoms with Crippen molar-refractivity contribution in [2.45, 2.75) is 38.3 Å². The van der Waals surface area contributed by atoms with Gasteiger partial charge in [0.1, 0.15) is 11.5 Å². The third-order valence-corrected chi connectivity index (χ3v) is 3.13. The highest BCUT2D eigenvalue weighted by molar-refractivity contribution is 5.31. The van der Waals surface area contributed by atoms with E-state index in [0.29, 0.717) is 0 Å². The van der Waals surface area contributed by atoms with E-state index in [1.165, 1.54) is 0 Å². The lowest BCUT2D eigenvalue weighted by molar-refractivity contribution is -0.0414. The molecule has 2 aliphatic heterocycles. The lowest BCUT2D eigenvalue weighted by atomic mass is 10.3. The van der Waals surface area contributed by atoms with Gasteiger partial charge in [-0.1, -0.05) is 0 Å². The second-order valence-corrected chi connectivity index (χ2v) is 4.59. The van der Waals surface area contributed by atoms with Crippen LogP contribution in [0.4, 0.5) is 0 Å². The van der Waals surface area contributed by atoms with E-state index in [0.717, 1.165) is 50.4 Å². The Labute approximate surface area is 107 Å². The summed E-state index contributed by atoms with van der Waals surface area (Å²) in [5.41, 5.74) is 0. The normalized spacial score (nSPS) is 27.3. The van der Waals surface area contributed by atoms with Crippen LogP contribution in [0.15, 0.2) is 24.3 Å². The highest BCUT2D eigenvalue weighted by atomic mass is 16.7. The monoisotopic (exact) mass is 250 g/mol. The summed E-state index contributed by atoms with van der Waals surface area (Å²) in [6, 6.07) is 7.63. The van der Waals surface area contributed by atoms with Crippen LogP contribution in [0.2, 0.25) is 0 Å². The number of hydrogen-bond donors (Lipinski definition) is 0. The molecule has 0 N–H and O–H groups in total. The summed E-state index contributed by atoms with van der Waals surface area (Å²) in [5, 5.41) is 0. The number of ether oxygens (including phenoxy) is 4. The van der Waals surface area contributed by atoms with Crippen LogP contribution in [-0.4, -0.2) is 25.8 Å². The molecule has 2 aliphatic rings. The van der Waals surface area contributed by atoms with Crippen LogP contribution in [-0.2, 0) is 9.47 Å². The predicted octanol–water partition coefficient (Wildman–Crippen LogP) is 2.72. The second kappa shape index (κ2) is 5.59. The van der Waals surface area contributed by atoms with Crippen molar-refractivity contribution in [2.24, 2.45) is 0 Å². The molecule has 2 saturated heterocycles. The van der Waals surface area contributed by atoms with Gasteiger partial charge in [-0.2, -0.15) is 0 Å². The van der Waals surface area contributed by atoms with Gasteiger partial charge in [0, 0.05) is 12.8 Å². The Balaban J connectivity index is 1.54. The zero-order valence-corrected chi connectivity index (χ0v) is 10.3. The maximum Gasteiger partial charge on any atom is 0.199 e. The van der Waals surface area contributed by atoms with Crippen molar-refractivity contribution < 1.29 is 18.9 Å². The summed E-state index contributed by atoms with van der Waals surface area (Å²) >= 11 is 0. The fraction of sp³-hybridized carbons (Fsp3) is 0.571. The Bertz CT molecular complexity index is 327. The zero-order valence-electron chi connectivity index (χ0n) is 10.3. The van der Waals surface area contributed by atoms with Gasteiger partial charge in [0.2, 0.25) is 0 Å². The van der Waals surface area contributed by atoms with Crippen LogP contribution >= 0.6 is 0 Å². The van der Waals surface area contributed by atoms with Crippen LogP contribution in [0.5, 0.6) is 11.5 Å². The Morgan fingerprint density at radius 3 is 1.56 bits per heavy atom. The molecule has 2 unspecified atom stereocenters. The lowest BCUT2D eigenvalue weighted by Gasteiger charge is -2.15. The van der Waals surface area contributed by atoms with Crippen molar-refractivity contribution in [1.82, 2.24) is 0 Å². The first-order valence-corrected chi connectivity index (χ1v) is 6.57.